The first-order chi connectivity index (χ1) is 9.19. The van der Waals surface area contributed by atoms with Crippen LogP contribution in [0.4, 0.5) is 5.95 Å². The van der Waals surface area contributed by atoms with Crippen molar-refractivity contribution in [2.24, 2.45) is 0 Å². The molecular weight excluding hydrogens is 248 g/mol. The van der Waals surface area contributed by atoms with Gasteiger partial charge in [-0.15, -0.1) is 0 Å². The van der Waals surface area contributed by atoms with Crippen molar-refractivity contribution in [3.63, 3.8) is 0 Å². The molecule has 1 fully saturated rings. The average molecular weight is 266 g/mol. The molecule has 19 heavy (non-hydrogen) atoms. The highest BCUT2D eigenvalue weighted by Gasteiger charge is 2.23. The quantitative estimate of drug-likeness (QED) is 0.817. The van der Waals surface area contributed by atoms with Gasteiger partial charge in [-0.25, -0.2) is 4.98 Å². The molecule has 0 aliphatic carbocycles. The van der Waals surface area contributed by atoms with Crippen LogP contribution in [0.3, 0.4) is 0 Å². The number of likely N-dealkylation sites (N-methyl/N-ethyl adjacent to an activating group) is 1. The van der Waals surface area contributed by atoms with Crippen LogP contribution in [-0.2, 0) is 9.53 Å². The fourth-order valence-corrected chi connectivity index (χ4v) is 1.74. The van der Waals surface area contributed by atoms with E-state index in [1.807, 2.05) is 6.92 Å². The van der Waals surface area contributed by atoms with Gasteiger partial charge in [0.15, 0.2) is 0 Å². The smallest absolute Gasteiger partial charge is 0.248 e. The van der Waals surface area contributed by atoms with Gasteiger partial charge in [-0.3, -0.25) is 4.79 Å². The van der Waals surface area contributed by atoms with E-state index in [2.05, 4.69) is 15.3 Å². The van der Waals surface area contributed by atoms with Crippen molar-refractivity contribution >= 4 is 11.9 Å². The third-order valence-electron chi connectivity index (χ3n) is 2.76. The lowest BCUT2D eigenvalue weighted by atomic mass is 10.3. The number of morpholine rings is 1. The molecular formula is C12H18N4O3. The fraction of sp³-hybridized carbons (Fsp3) is 0.583. The molecule has 0 radical (unpaired) electrons. The zero-order valence-corrected chi connectivity index (χ0v) is 11.1. The van der Waals surface area contributed by atoms with Crippen LogP contribution in [-0.4, -0.2) is 60.2 Å². The first kappa shape index (κ1) is 13.5. The largest absolute Gasteiger partial charge is 0.478 e. The lowest BCUT2D eigenvalue weighted by molar-refractivity contribution is -0.145. The second-order valence-corrected chi connectivity index (χ2v) is 4.24. The molecule has 0 saturated carbocycles. The molecule has 0 aromatic carbocycles. The summed E-state index contributed by atoms with van der Waals surface area (Å²) in [6.45, 7) is 3.71. The van der Waals surface area contributed by atoms with Gasteiger partial charge in [-0.1, -0.05) is 0 Å². The molecule has 0 bridgehead atoms. The van der Waals surface area contributed by atoms with Crippen LogP contribution in [0.1, 0.15) is 6.92 Å². The van der Waals surface area contributed by atoms with Crippen LogP contribution < -0.4 is 10.1 Å². The Balaban J connectivity index is 1.85. The minimum Gasteiger partial charge on any atom is -0.478 e. The molecule has 1 N–H and O–H groups in total. The zero-order valence-electron chi connectivity index (χ0n) is 11.1. The van der Waals surface area contributed by atoms with Gasteiger partial charge in [0.1, 0.15) is 6.61 Å². The molecule has 1 aliphatic heterocycles. The molecule has 0 spiro atoms. The topological polar surface area (TPSA) is 76.6 Å². The van der Waals surface area contributed by atoms with Crippen LogP contribution in [0.15, 0.2) is 12.3 Å². The maximum atomic E-state index is 11.3. The number of amides is 1. The van der Waals surface area contributed by atoms with E-state index in [9.17, 15) is 4.79 Å². The Bertz CT molecular complexity index is 441. The van der Waals surface area contributed by atoms with Crippen LogP contribution in [0.5, 0.6) is 5.88 Å². The van der Waals surface area contributed by atoms with E-state index in [4.69, 9.17) is 9.47 Å². The molecule has 1 saturated heterocycles. The average Bonchev–Trinajstić information content (AvgIpc) is 2.41. The number of hydrogen-bond acceptors (Lipinski definition) is 6. The van der Waals surface area contributed by atoms with E-state index in [-0.39, 0.29) is 18.6 Å². The van der Waals surface area contributed by atoms with Gasteiger partial charge in [-0.2, -0.15) is 4.98 Å². The fourth-order valence-electron chi connectivity index (χ4n) is 1.74. The van der Waals surface area contributed by atoms with Crippen molar-refractivity contribution in [2.45, 2.75) is 13.0 Å². The summed E-state index contributed by atoms with van der Waals surface area (Å²) in [5.74, 6) is 1.04. The molecule has 7 nitrogen and oxygen atoms in total. The van der Waals surface area contributed by atoms with Gasteiger partial charge in [0.25, 0.3) is 0 Å². The Morgan fingerprint density at radius 1 is 1.63 bits per heavy atom. The van der Waals surface area contributed by atoms with Crippen LogP contribution in [0, 0.1) is 0 Å². The maximum Gasteiger partial charge on any atom is 0.248 e. The number of anilines is 1. The first-order valence-electron chi connectivity index (χ1n) is 6.24. The third-order valence-corrected chi connectivity index (χ3v) is 2.76. The predicted molar refractivity (Wildman–Crippen MR) is 69.1 cm³/mol. The summed E-state index contributed by atoms with van der Waals surface area (Å²) in [6.07, 6.45) is 1.58. The normalized spacial score (nSPS) is 19.4. The van der Waals surface area contributed by atoms with E-state index in [0.717, 1.165) is 0 Å². The van der Waals surface area contributed by atoms with Gasteiger partial charge >= 0.3 is 0 Å². The third kappa shape index (κ3) is 3.78. The lowest BCUT2D eigenvalue weighted by Crippen LogP contribution is -2.46. The number of hydrogen-bond donors (Lipinski definition) is 1. The number of carbonyl (C=O) groups excluding carboxylic acids is 1. The predicted octanol–water partition coefficient (Wildman–Crippen LogP) is 0.144. The lowest BCUT2D eigenvalue weighted by Gasteiger charge is -2.29. The Morgan fingerprint density at radius 3 is 3.21 bits per heavy atom. The van der Waals surface area contributed by atoms with Gasteiger partial charge in [-0.05, 0) is 6.92 Å². The van der Waals surface area contributed by atoms with Crippen molar-refractivity contribution in [1.82, 2.24) is 14.9 Å². The highest BCUT2D eigenvalue weighted by atomic mass is 16.5. The number of nitrogens with one attached hydrogen (secondary N) is 1. The SMILES string of the molecule is CCOc1ccnc(NCC2CN(C)C(=O)CO2)n1. The van der Waals surface area contributed by atoms with Crippen LogP contribution >= 0.6 is 0 Å². The van der Waals surface area contributed by atoms with E-state index < -0.39 is 0 Å². The summed E-state index contributed by atoms with van der Waals surface area (Å²) in [4.78, 5) is 21.2. The summed E-state index contributed by atoms with van der Waals surface area (Å²) < 4.78 is 10.7. The summed E-state index contributed by atoms with van der Waals surface area (Å²) in [7, 11) is 1.77. The molecule has 1 aromatic heterocycles. The summed E-state index contributed by atoms with van der Waals surface area (Å²) in [5, 5.41) is 3.08. The number of nitrogens with zero attached hydrogens (tertiary/aromatic N) is 3. The minimum absolute atomic E-state index is 0.00541. The van der Waals surface area contributed by atoms with E-state index in [1.165, 1.54) is 0 Å². The van der Waals surface area contributed by atoms with Gasteiger partial charge in [0, 0.05) is 32.4 Å². The Labute approximate surface area is 111 Å². The van der Waals surface area contributed by atoms with Crippen LogP contribution in [0.2, 0.25) is 0 Å². The number of carbonyl (C=O) groups is 1. The van der Waals surface area contributed by atoms with Gasteiger partial charge in [0.05, 0.1) is 12.7 Å². The van der Waals surface area contributed by atoms with Crippen molar-refractivity contribution in [2.75, 3.05) is 38.7 Å². The second-order valence-electron chi connectivity index (χ2n) is 4.24. The van der Waals surface area contributed by atoms with E-state index in [0.29, 0.717) is 31.5 Å². The zero-order chi connectivity index (χ0) is 13.7. The number of aromatic nitrogens is 2. The molecule has 1 amide bonds. The van der Waals surface area contributed by atoms with Crippen molar-refractivity contribution < 1.29 is 14.3 Å². The van der Waals surface area contributed by atoms with Crippen molar-refractivity contribution in [3.8, 4) is 5.88 Å². The van der Waals surface area contributed by atoms with Crippen molar-refractivity contribution in [1.29, 1.82) is 0 Å². The van der Waals surface area contributed by atoms with Gasteiger partial charge in [0.2, 0.25) is 17.7 Å². The molecule has 7 heteroatoms. The minimum atomic E-state index is -0.0537. The van der Waals surface area contributed by atoms with Crippen LogP contribution in [0.25, 0.3) is 0 Å². The Kier molecular flexibility index (Phi) is 4.51. The Morgan fingerprint density at radius 2 is 2.47 bits per heavy atom. The number of ether oxygens (including phenoxy) is 2. The summed E-state index contributed by atoms with van der Waals surface area (Å²) >= 11 is 0. The molecule has 2 rings (SSSR count). The van der Waals surface area contributed by atoms with Gasteiger partial charge < -0.3 is 19.7 Å². The highest BCUT2D eigenvalue weighted by molar-refractivity contribution is 5.77. The molecule has 1 aliphatic rings. The molecule has 1 aromatic rings. The molecule has 104 valence electrons. The Hall–Kier alpha value is -1.89. The molecule has 1 atom stereocenters. The number of rotatable bonds is 5. The monoisotopic (exact) mass is 266 g/mol. The summed E-state index contributed by atoms with van der Waals surface area (Å²) in [5.41, 5.74) is 0. The second kappa shape index (κ2) is 6.33. The van der Waals surface area contributed by atoms with E-state index in [1.54, 1.807) is 24.2 Å². The molecule has 2 heterocycles. The maximum absolute atomic E-state index is 11.3. The van der Waals surface area contributed by atoms with E-state index >= 15 is 0 Å². The summed E-state index contributed by atoms with van der Waals surface area (Å²) in [6, 6.07) is 1.71. The first-order valence-corrected chi connectivity index (χ1v) is 6.24. The van der Waals surface area contributed by atoms with Crippen molar-refractivity contribution in [3.05, 3.63) is 12.3 Å². The highest BCUT2D eigenvalue weighted by Crippen LogP contribution is 2.09. The molecule has 1 unspecified atom stereocenters. The standard InChI is InChI=1S/C12H18N4O3/c1-3-18-10-4-5-13-12(15-10)14-6-9-7-16(2)11(17)8-19-9/h4-5,9H,3,6-8H2,1-2H3,(H,13,14,15).